The zero-order valence-electron chi connectivity index (χ0n) is 16.8. The maximum absolute atomic E-state index is 11.9. The van der Waals surface area contributed by atoms with Crippen LogP contribution in [0.2, 0.25) is 0 Å². The van der Waals surface area contributed by atoms with Gasteiger partial charge in [-0.25, -0.2) is 0 Å². The minimum Gasteiger partial charge on any atom is -0.354 e. The number of hydrogen-bond donors (Lipinski definition) is 1. The van der Waals surface area contributed by atoms with Crippen molar-refractivity contribution in [3.05, 3.63) is 35.9 Å². The first-order valence-electron chi connectivity index (χ1n) is 9.94. The van der Waals surface area contributed by atoms with Crippen molar-refractivity contribution in [1.82, 2.24) is 15.1 Å². The second-order valence-electron chi connectivity index (χ2n) is 7.50. The summed E-state index contributed by atoms with van der Waals surface area (Å²) in [5.41, 5.74) is 1.41. The molecule has 1 aromatic rings. The second kappa shape index (κ2) is 10.8. The Morgan fingerprint density at radius 2 is 1.86 bits per heavy atom. The van der Waals surface area contributed by atoms with Crippen LogP contribution in [0.5, 0.6) is 0 Å². The van der Waals surface area contributed by atoms with Crippen molar-refractivity contribution in [2.75, 3.05) is 33.2 Å². The molecule has 7 heteroatoms. The molecule has 0 bridgehead atoms. The maximum Gasteiger partial charge on any atom is 0.229 e. The Bertz CT molecular complexity index is 679. The average Bonchev–Trinajstić information content (AvgIpc) is 2.68. The topological polar surface area (TPSA) is 65.0 Å². The van der Waals surface area contributed by atoms with Gasteiger partial charge in [-0.1, -0.05) is 37.3 Å². The first-order chi connectivity index (χ1) is 13.1. The van der Waals surface area contributed by atoms with Gasteiger partial charge >= 0.3 is 0 Å². The van der Waals surface area contributed by atoms with E-state index in [0.29, 0.717) is 44.2 Å². The van der Waals surface area contributed by atoms with Crippen LogP contribution in [-0.2, 0) is 9.59 Å². The third-order valence-corrected chi connectivity index (χ3v) is 5.65. The molecule has 0 spiro atoms. The van der Waals surface area contributed by atoms with Crippen LogP contribution in [0.25, 0.3) is 0 Å². The van der Waals surface area contributed by atoms with Crippen LogP contribution in [0.4, 0.5) is 0 Å². The van der Waals surface area contributed by atoms with Crippen LogP contribution in [-0.4, -0.2) is 60.8 Å². The number of rotatable bonds is 4. The summed E-state index contributed by atoms with van der Waals surface area (Å²) in [6, 6.07) is 10.7. The number of amides is 2. The molecular weight excluding hydrogens is 467 g/mol. The molecule has 2 heterocycles. The van der Waals surface area contributed by atoms with Gasteiger partial charge in [0.1, 0.15) is 0 Å². The van der Waals surface area contributed by atoms with E-state index in [0.717, 1.165) is 25.5 Å². The lowest BCUT2D eigenvalue weighted by Gasteiger charge is -2.39. The standard InChI is InChI=1S/C21H30N4O2.HI/c1-16-15-24(13-11-18(16)17-7-4-3-5-8-17)21(22-2)23-12-14-25-19(26)9-6-10-20(25)27;/h3-5,7-8,16,18H,6,9-15H2,1-2H3,(H,22,23);1H. The number of imide groups is 1. The van der Waals surface area contributed by atoms with E-state index >= 15 is 0 Å². The monoisotopic (exact) mass is 498 g/mol. The first kappa shape index (κ1) is 22.6. The molecule has 28 heavy (non-hydrogen) atoms. The fraction of sp³-hybridized carbons (Fsp3) is 0.571. The molecule has 3 rings (SSSR count). The molecular formula is C21H31IN4O2. The highest BCUT2D eigenvalue weighted by Crippen LogP contribution is 2.32. The number of carbonyl (C=O) groups excluding carboxylic acids is 2. The Morgan fingerprint density at radius 3 is 2.46 bits per heavy atom. The zero-order valence-corrected chi connectivity index (χ0v) is 19.1. The van der Waals surface area contributed by atoms with Crippen molar-refractivity contribution in [1.29, 1.82) is 0 Å². The molecule has 2 unspecified atom stereocenters. The van der Waals surface area contributed by atoms with Gasteiger partial charge in [0.15, 0.2) is 5.96 Å². The number of nitrogens with zero attached hydrogens (tertiary/aromatic N) is 3. The third-order valence-electron chi connectivity index (χ3n) is 5.65. The van der Waals surface area contributed by atoms with E-state index < -0.39 is 0 Å². The van der Waals surface area contributed by atoms with E-state index in [1.165, 1.54) is 10.5 Å². The van der Waals surface area contributed by atoms with Gasteiger partial charge in [0, 0.05) is 46.1 Å². The zero-order chi connectivity index (χ0) is 19.2. The first-order valence-corrected chi connectivity index (χ1v) is 9.94. The molecule has 0 radical (unpaired) electrons. The molecule has 0 aliphatic carbocycles. The Kier molecular flexibility index (Phi) is 8.72. The molecule has 2 atom stereocenters. The molecule has 154 valence electrons. The third kappa shape index (κ3) is 5.46. The maximum atomic E-state index is 11.9. The van der Waals surface area contributed by atoms with Gasteiger partial charge in [-0.2, -0.15) is 0 Å². The average molecular weight is 498 g/mol. The van der Waals surface area contributed by atoms with Gasteiger partial charge in [-0.05, 0) is 30.2 Å². The van der Waals surface area contributed by atoms with E-state index in [4.69, 9.17) is 0 Å². The number of halogens is 1. The molecule has 2 aliphatic rings. The van der Waals surface area contributed by atoms with E-state index in [1.54, 1.807) is 7.05 Å². The Hall–Kier alpha value is -1.64. The summed E-state index contributed by atoms with van der Waals surface area (Å²) in [5.74, 6) is 1.85. The lowest BCUT2D eigenvalue weighted by molar-refractivity contribution is -0.147. The normalized spacial score (nSPS) is 23.4. The molecule has 1 N–H and O–H groups in total. The van der Waals surface area contributed by atoms with Gasteiger partial charge in [-0.15, -0.1) is 24.0 Å². The minimum absolute atomic E-state index is 0. The summed E-state index contributed by atoms with van der Waals surface area (Å²) in [5, 5.41) is 3.33. The summed E-state index contributed by atoms with van der Waals surface area (Å²) in [7, 11) is 1.79. The van der Waals surface area contributed by atoms with E-state index in [1.807, 2.05) is 0 Å². The Morgan fingerprint density at radius 1 is 1.18 bits per heavy atom. The predicted octanol–water partition coefficient (Wildman–Crippen LogP) is 2.84. The Labute approximate surface area is 184 Å². The number of aliphatic imine (C=N–C) groups is 1. The Balaban J connectivity index is 0.00000280. The molecule has 2 amide bonds. The fourth-order valence-corrected chi connectivity index (χ4v) is 4.19. The summed E-state index contributed by atoms with van der Waals surface area (Å²) < 4.78 is 0. The van der Waals surface area contributed by atoms with Gasteiger partial charge in [0.2, 0.25) is 11.8 Å². The van der Waals surface area contributed by atoms with Gasteiger partial charge in [0.25, 0.3) is 0 Å². The van der Waals surface area contributed by atoms with Crippen LogP contribution in [0.15, 0.2) is 35.3 Å². The largest absolute Gasteiger partial charge is 0.354 e. The number of benzene rings is 1. The number of hydrogen-bond acceptors (Lipinski definition) is 3. The SMILES string of the molecule is CN=C(NCCN1C(=O)CCCC1=O)N1CCC(c2ccccc2)C(C)C1.I. The molecule has 6 nitrogen and oxygen atoms in total. The number of guanidine groups is 1. The number of carbonyl (C=O) groups is 2. The highest BCUT2D eigenvalue weighted by Gasteiger charge is 2.29. The predicted molar refractivity (Wildman–Crippen MR) is 122 cm³/mol. The molecule has 2 aliphatic heterocycles. The lowest BCUT2D eigenvalue weighted by Crippen LogP contribution is -2.50. The van der Waals surface area contributed by atoms with Gasteiger partial charge in [0.05, 0.1) is 0 Å². The van der Waals surface area contributed by atoms with E-state index in [9.17, 15) is 9.59 Å². The quantitative estimate of drug-likeness (QED) is 0.300. The van der Waals surface area contributed by atoms with Gasteiger partial charge in [-0.3, -0.25) is 19.5 Å². The lowest BCUT2D eigenvalue weighted by atomic mass is 9.82. The summed E-state index contributed by atoms with van der Waals surface area (Å²) >= 11 is 0. The highest BCUT2D eigenvalue weighted by atomic mass is 127. The summed E-state index contributed by atoms with van der Waals surface area (Å²) in [6.07, 6.45) is 2.72. The van der Waals surface area contributed by atoms with Crippen LogP contribution in [0.1, 0.15) is 44.1 Å². The molecule has 0 saturated carbocycles. The molecule has 1 aromatic carbocycles. The van der Waals surface area contributed by atoms with Crippen molar-refractivity contribution in [3.8, 4) is 0 Å². The smallest absolute Gasteiger partial charge is 0.229 e. The molecule has 0 aromatic heterocycles. The summed E-state index contributed by atoms with van der Waals surface area (Å²) in [6.45, 7) is 5.14. The van der Waals surface area contributed by atoms with Crippen molar-refractivity contribution in [2.24, 2.45) is 10.9 Å². The second-order valence-corrected chi connectivity index (χ2v) is 7.50. The van der Waals surface area contributed by atoms with Gasteiger partial charge < -0.3 is 10.2 Å². The van der Waals surface area contributed by atoms with Crippen molar-refractivity contribution in [2.45, 2.75) is 38.5 Å². The van der Waals surface area contributed by atoms with Crippen LogP contribution in [0, 0.1) is 5.92 Å². The number of nitrogens with one attached hydrogen (secondary N) is 1. The number of piperidine rings is 2. The molecule has 2 saturated heterocycles. The summed E-state index contributed by atoms with van der Waals surface area (Å²) in [4.78, 5) is 31.9. The minimum atomic E-state index is -0.0552. The van der Waals surface area contributed by atoms with Crippen LogP contribution < -0.4 is 5.32 Å². The van der Waals surface area contributed by atoms with Crippen LogP contribution >= 0.6 is 24.0 Å². The molecule has 2 fully saturated rings. The van der Waals surface area contributed by atoms with Crippen molar-refractivity contribution < 1.29 is 9.59 Å². The van der Waals surface area contributed by atoms with Crippen molar-refractivity contribution in [3.63, 3.8) is 0 Å². The van der Waals surface area contributed by atoms with E-state index in [-0.39, 0.29) is 35.8 Å². The van der Waals surface area contributed by atoms with E-state index in [2.05, 4.69) is 52.5 Å². The number of likely N-dealkylation sites (tertiary alicyclic amines) is 2. The van der Waals surface area contributed by atoms with Crippen molar-refractivity contribution >= 4 is 41.8 Å². The van der Waals surface area contributed by atoms with Crippen LogP contribution in [0.3, 0.4) is 0 Å². The fourth-order valence-electron chi connectivity index (χ4n) is 4.19. The highest BCUT2D eigenvalue weighted by molar-refractivity contribution is 14.0.